The number of fused-ring (bicyclic) bond motifs is 1. The van der Waals surface area contributed by atoms with E-state index in [0.29, 0.717) is 18.4 Å². The molecule has 0 aliphatic carbocycles. The third-order valence-electron chi connectivity index (χ3n) is 5.48. The second kappa shape index (κ2) is 8.95. The van der Waals surface area contributed by atoms with Crippen molar-refractivity contribution in [3.05, 3.63) is 95.2 Å². The molecule has 0 spiro atoms. The predicted molar refractivity (Wildman–Crippen MR) is 123 cm³/mol. The molecule has 0 saturated carbocycles. The first-order valence-corrected chi connectivity index (χ1v) is 10.3. The fourth-order valence-electron chi connectivity index (χ4n) is 3.80. The average molecular weight is 398 g/mol. The molecule has 4 aromatic rings. The van der Waals surface area contributed by atoms with E-state index in [4.69, 9.17) is 9.72 Å². The molecule has 1 N–H and O–H groups in total. The summed E-state index contributed by atoms with van der Waals surface area (Å²) in [6.07, 6.45) is 2.78. The molecule has 4 heteroatoms. The van der Waals surface area contributed by atoms with Crippen molar-refractivity contribution in [2.75, 3.05) is 12.4 Å². The van der Waals surface area contributed by atoms with Crippen molar-refractivity contribution in [2.45, 2.75) is 32.8 Å². The number of rotatable bonds is 7. The number of nitrogens with one attached hydrogen (secondary N) is 1. The molecule has 0 fully saturated rings. The Bertz CT molecular complexity index is 1140. The highest BCUT2D eigenvalue weighted by Gasteiger charge is 2.14. The third-order valence-corrected chi connectivity index (χ3v) is 5.48. The van der Waals surface area contributed by atoms with Crippen molar-refractivity contribution in [1.82, 2.24) is 9.97 Å². The average Bonchev–Trinajstić information content (AvgIpc) is 2.78. The molecule has 2 heterocycles. The maximum absolute atomic E-state index is 5.89. The van der Waals surface area contributed by atoms with Crippen LogP contribution in [0, 0.1) is 6.92 Å². The molecule has 0 bridgehead atoms. The van der Waals surface area contributed by atoms with Gasteiger partial charge in [-0.3, -0.25) is 0 Å². The van der Waals surface area contributed by atoms with Crippen LogP contribution in [0.15, 0.2) is 72.9 Å². The lowest BCUT2D eigenvalue weighted by Crippen LogP contribution is -2.05. The number of anilines is 1. The van der Waals surface area contributed by atoms with Crippen molar-refractivity contribution in [3.8, 4) is 5.88 Å². The van der Waals surface area contributed by atoms with Crippen molar-refractivity contribution in [3.63, 3.8) is 0 Å². The molecule has 0 aliphatic heterocycles. The summed E-state index contributed by atoms with van der Waals surface area (Å²) in [6, 6.07) is 22.8. The largest absolute Gasteiger partial charge is 0.473 e. The van der Waals surface area contributed by atoms with Crippen molar-refractivity contribution >= 4 is 16.7 Å². The van der Waals surface area contributed by atoms with Gasteiger partial charge in [0.2, 0.25) is 5.88 Å². The summed E-state index contributed by atoms with van der Waals surface area (Å²) >= 11 is 0. The van der Waals surface area contributed by atoms with Gasteiger partial charge in [0.1, 0.15) is 12.4 Å². The van der Waals surface area contributed by atoms with Gasteiger partial charge in [-0.25, -0.2) is 9.97 Å². The highest BCUT2D eigenvalue weighted by Crippen LogP contribution is 2.29. The summed E-state index contributed by atoms with van der Waals surface area (Å²) in [4.78, 5) is 9.16. The topological polar surface area (TPSA) is 47.0 Å². The first-order chi connectivity index (χ1) is 14.6. The number of benzene rings is 2. The van der Waals surface area contributed by atoms with Gasteiger partial charge in [-0.05, 0) is 65.8 Å². The number of hydrogen-bond acceptors (Lipinski definition) is 4. The van der Waals surface area contributed by atoms with Gasteiger partial charge in [-0.2, -0.15) is 0 Å². The van der Waals surface area contributed by atoms with Gasteiger partial charge in [0.05, 0.1) is 5.52 Å². The van der Waals surface area contributed by atoms with Gasteiger partial charge in [0.15, 0.2) is 0 Å². The summed E-state index contributed by atoms with van der Waals surface area (Å²) in [5.41, 5.74) is 5.92. The molecule has 4 rings (SSSR count). The highest BCUT2D eigenvalue weighted by molar-refractivity contribution is 5.81. The second-order valence-corrected chi connectivity index (χ2v) is 7.69. The van der Waals surface area contributed by atoms with E-state index in [1.165, 1.54) is 16.7 Å². The zero-order valence-corrected chi connectivity index (χ0v) is 17.7. The van der Waals surface area contributed by atoms with Crippen molar-refractivity contribution < 1.29 is 4.74 Å². The van der Waals surface area contributed by atoms with Crippen LogP contribution in [-0.2, 0) is 13.0 Å². The minimum absolute atomic E-state index is 0.360. The van der Waals surface area contributed by atoms with Gasteiger partial charge in [-0.15, -0.1) is 0 Å². The summed E-state index contributed by atoms with van der Waals surface area (Å²) < 4.78 is 5.89. The molecule has 30 heavy (non-hydrogen) atoms. The van der Waals surface area contributed by atoms with Gasteiger partial charge < -0.3 is 10.1 Å². The van der Waals surface area contributed by atoms with Crippen LogP contribution in [0.1, 0.15) is 35.1 Å². The summed E-state index contributed by atoms with van der Waals surface area (Å²) in [6.45, 7) is 4.93. The maximum atomic E-state index is 5.89. The fraction of sp³-hybridized carbons (Fsp3) is 0.231. The molecule has 0 radical (unpaired) electrons. The zero-order chi connectivity index (χ0) is 20.9. The van der Waals surface area contributed by atoms with Crippen LogP contribution in [-0.4, -0.2) is 17.0 Å². The summed E-state index contributed by atoms with van der Waals surface area (Å²) in [5.74, 6) is 1.96. The van der Waals surface area contributed by atoms with E-state index in [2.05, 4.69) is 60.5 Å². The Morgan fingerprint density at radius 2 is 1.83 bits per heavy atom. The molecule has 4 nitrogen and oxygen atoms in total. The molecule has 2 aromatic carbocycles. The Labute approximate surface area is 178 Å². The number of aromatic nitrogens is 2. The number of ether oxygens (including phenoxy) is 1. The summed E-state index contributed by atoms with van der Waals surface area (Å²) in [5, 5.41) is 4.34. The maximum Gasteiger partial charge on any atom is 0.214 e. The monoisotopic (exact) mass is 397 g/mol. The minimum atomic E-state index is 0.360. The van der Waals surface area contributed by atoms with E-state index in [0.717, 1.165) is 28.7 Å². The van der Waals surface area contributed by atoms with Crippen LogP contribution < -0.4 is 10.1 Å². The molecule has 1 unspecified atom stereocenters. The Hall–Kier alpha value is -3.40. The van der Waals surface area contributed by atoms with Gasteiger partial charge in [0, 0.05) is 24.7 Å². The van der Waals surface area contributed by atoms with Crippen LogP contribution >= 0.6 is 0 Å². The highest BCUT2D eigenvalue weighted by atomic mass is 16.5. The second-order valence-electron chi connectivity index (χ2n) is 7.69. The first kappa shape index (κ1) is 19.9. The lowest BCUT2D eigenvalue weighted by Gasteiger charge is -2.17. The van der Waals surface area contributed by atoms with Gasteiger partial charge >= 0.3 is 0 Å². The smallest absolute Gasteiger partial charge is 0.214 e. The van der Waals surface area contributed by atoms with E-state index in [1.807, 2.05) is 43.6 Å². The fourth-order valence-corrected chi connectivity index (χ4v) is 3.80. The Morgan fingerprint density at radius 3 is 2.63 bits per heavy atom. The normalized spacial score (nSPS) is 12.0. The van der Waals surface area contributed by atoms with Crippen LogP contribution in [0.5, 0.6) is 5.88 Å². The molecular weight excluding hydrogens is 370 g/mol. The van der Waals surface area contributed by atoms with Crippen LogP contribution in [0.25, 0.3) is 10.9 Å². The number of aryl methyl sites for hydroxylation is 1. The molecule has 0 saturated heterocycles. The molecule has 0 amide bonds. The van der Waals surface area contributed by atoms with E-state index in [9.17, 15) is 0 Å². The molecule has 2 aromatic heterocycles. The van der Waals surface area contributed by atoms with E-state index in [-0.39, 0.29) is 0 Å². The third kappa shape index (κ3) is 4.43. The standard InChI is InChI=1S/C26H27N3O/c1-18-15-24-21(11-12-25(29-24)30-17-20-8-5-4-6-9-20)16-22(18)14-19(2)23-10-7-13-28-26(23)27-3/h4-13,15-16,19H,14,17H2,1-3H3,(H,27,28). The van der Waals surface area contributed by atoms with Gasteiger partial charge in [-0.1, -0.05) is 43.3 Å². The quantitative estimate of drug-likeness (QED) is 0.421. The van der Waals surface area contributed by atoms with Crippen molar-refractivity contribution in [2.24, 2.45) is 0 Å². The molecule has 1 atom stereocenters. The van der Waals surface area contributed by atoms with Crippen LogP contribution in [0.3, 0.4) is 0 Å². The van der Waals surface area contributed by atoms with Gasteiger partial charge in [0.25, 0.3) is 0 Å². The number of nitrogens with zero attached hydrogens (tertiary/aromatic N) is 2. The lowest BCUT2D eigenvalue weighted by atomic mass is 9.91. The van der Waals surface area contributed by atoms with E-state index >= 15 is 0 Å². The Morgan fingerprint density at radius 1 is 1.00 bits per heavy atom. The van der Waals surface area contributed by atoms with Crippen LogP contribution in [0.4, 0.5) is 5.82 Å². The zero-order valence-electron chi connectivity index (χ0n) is 17.7. The molecule has 152 valence electrons. The Balaban J connectivity index is 1.53. The van der Waals surface area contributed by atoms with E-state index in [1.54, 1.807) is 0 Å². The van der Waals surface area contributed by atoms with E-state index < -0.39 is 0 Å². The predicted octanol–water partition coefficient (Wildman–Crippen LogP) is 5.91. The number of pyridine rings is 2. The van der Waals surface area contributed by atoms with Crippen LogP contribution in [0.2, 0.25) is 0 Å². The summed E-state index contributed by atoms with van der Waals surface area (Å²) in [7, 11) is 1.92. The molecule has 0 aliphatic rings. The molecular formula is C26H27N3O. The first-order valence-electron chi connectivity index (χ1n) is 10.3. The lowest BCUT2D eigenvalue weighted by molar-refractivity contribution is 0.295. The number of hydrogen-bond donors (Lipinski definition) is 1. The Kier molecular flexibility index (Phi) is 5.94. The minimum Gasteiger partial charge on any atom is -0.473 e. The SMILES string of the molecule is CNc1ncccc1C(C)Cc1cc2ccc(OCc3ccccc3)nc2cc1C. The van der Waals surface area contributed by atoms with Crippen molar-refractivity contribution in [1.29, 1.82) is 0 Å².